The van der Waals surface area contributed by atoms with Crippen LogP contribution < -0.4 is 4.72 Å². The van der Waals surface area contributed by atoms with Crippen molar-refractivity contribution in [1.82, 2.24) is 4.72 Å². The van der Waals surface area contributed by atoms with Crippen molar-refractivity contribution in [3.05, 3.63) is 28.2 Å². The number of benzene rings is 1. The van der Waals surface area contributed by atoms with Gasteiger partial charge in [0, 0.05) is 11.0 Å². The molecule has 0 heterocycles. The summed E-state index contributed by atoms with van der Waals surface area (Å²) in [5.74, 6) is 0. The Hall–Kier alpha value is -0.570. The van der Waals surface area contributed by atoms with E-state index in [0.29, 0.717) is 0 Å². The molecule has 0 fully saturated rings. The lowest BCUT2D eigenvalue weighted by atomic mass is 10.2. The van der Waals surface area contributed by atoms with Crippen LogP contribution in [0, 0.1) is 6.92 Å². The van der Waals surface area contributed by atoms with E-state index in [-0.39, 0.29) is 18.0 Å². The first kappa shape index (κ1) is 16.5. The van der Waals surface area contributed by atoms with Crippen molar-refractivity contribution in [1.29, 1.82) is 0 Å². The Balaban J connectivity index is 2.54. The van der Waals surface area contributed by atoms with Gasteiger partial charge in [-0.1, -0.05) is 15.9 Å². The van der Waals surface area contributed by atoms with Crippen molar-refractivity contribution in [2.24, 2.45) is 0 Å². The molecule has 1 aromatic rings. The molecule has 0 aliphatic rings. The summed E-state index contributed by atoms with van der Waals surface area (Å²) in [6.07, 6.45) is -2.55. The third kappa shape index (κ3) is 5.52. The minimum atomic E-state index is -3.64. The average molecular weight is 358 g/mol. The molecule has 0 spiro atoms. The standard InChI is InChI=1S/C11H14BrF2NO3S/c1-8-6-9(2-3-10(8)12)19(16,17)15-4-5-18-7-11(13)14/h2-3,6,11,15H,4-5,7H2,1H3. The summed E-state index contributed by atoms with van der Waals surface area (Å²) in [7, 11) is -3.64. The van der Waals surface area contributed by atoms with Gasteiger partial charge in [-0.05, 0) is 30.7 Å². The molecule has 0 unspecified atom stereocenters. The largest absolute Gasteiger partial charge is 0.374 e. The molecule has 108 valence electrons. The van der Waals surface area contributed by atoms with Gasteiger partial charge < -0.3 is 4.74 Å². The van der Waals surface area contributed by atoms with Gasteiger partial charge in [0.2, 0.25) is 10.0 Å². The van der Waals surface area contributed by atoms with Crippen LogP contribution >= 0.6 is 15.9 Å². The Morgan fingerprint density at radius 1 is 1.42 bits per heavy atom. The summed E-state index contributed by atoms with van der Waals surface area (Å²) in [4.78, 5) is 0.127. The highest BCUT2D eigenvalue weighted by molar-refractivity contribution is 9.10. The first-order chi connectivity index (χ1) is 8.83. The molecule has 19 heavy (non-hydrogen) atoms. The maximum atomic E-state index is 11.9. The molecule has 0 bridgehead atoms. The monoisotopic (exact) mass is 357 g/mol. The smallest absolute Gasteiger partial charge is 0.261 e. The second kappa shape index (κ2) is 7.28. The number of halogens is 3. The van der Waals surface area contributed by atoms with Crippen molar-refractivity contribution in [2.45, 2.75) is 18.2 Å². The van der Waals surface area contributed by atoms with Crippen LogP contribution in [-0.2, 0) is 14.8 Å². The average Bonchev–Trinajstić information content (AvgIpc) is 2.31. The van der Waals surface area contributed by atoms with Crippen molar-refractivity contribution in [2.75, 3.05) is 19.8 Å². The van der Waals surface area contributed by atoms with Gasteiger partial charge in [0.05, 0.1) is 11.5 Å². The van der Waals surface area contributed by atoms with Gasteiger partial charge in [-0.25, -0.2) is 21.9 Å². The summed E-state index contributed by atoms with van der Waals surface area (Å²) in [5.41, 5.74) is 0.789. The summed E-state index contributed by atoms with van der Waals surface area (Å²) < 4.78 is 55.0. The Morgan fingerprint density at radius 3 is 2.68 bits per heavy atom. The maximum Gasteiger partial charge on any atom is 0.261 e. The van der Waals surface area contributed by atoms with E-state index < -0.39 is 23.1 Å². The highest BCUT2D eigenvalue weighted by Crippen LogP contribution is 2.19. The van der Waals surface area contributed by atoms with E-state index in [2.05, 4.69) is 25.4 Å². The molecule has 0 atom stereocenters. The van der Waals surface area contributed by atoms with Crippen LogP contribution in [0.1, 0.15) is 5.56 Å². The summed E-state index contributed by atoms with van der Waals surface area (Å²) in [6.45, 7) is 0.928. The fourth-order valence-electron chi connectivity index (χ4n) is 1.29. The molecule has 1 aromatic carbocycles. The van der Waals surface area contributed by atoms with Crippen LogP contribution in [0.5, 0.6) is 0 Å². The van der Waals surface area contributed by atoms with E-state index in [1.165, 1.54) is 12.1 Å². The normalized spacial score (nSPS) is 12.1. The first-order valence-corrected chi connectivity index (χ1v) is 7.72. The molecule has 1 N–H and O–H groups in total. The molecule has 1 rings (SSSR count). The van der Waals surface area contributed by atoms with E-state index in [9.17, 15) is 17.2 Å². The summed E-state index contributed by atoms with van der Waals surface area (Å²) in [5, 5.41) is 0. The molecule has 0 aliphatic heterocycles. The zero-order valence-electron chi connectivity index (χ0n) is 10.2. The minimum absolute atomic E-state index is 0.0514. The molecule has 0 aromatic heterocycles. The number of aryl methyl sites for hydroxylation is 1. The van der Waals surface area contributed by atoms with E-state index in [4.69, 9.17) is 0 Å². The van der Waals surface area contributed by atoms with Crippen molar-refractivity contribution in [3.8, 4) is 0 Å². The molecule has 0 saturated carbocycles. The molecule has 0 aliphatic carbocycles. The molecule has 0 radical (unpaired) electrons. The van der Waals surface area contributed by atoms with E-state index >= 15 is 0 Å². The van der Waals surface area contributed by atoms with Gasteiger partial charge >= 0.3 is 0 Å². The second-order valence-electron chi connectivity index (χ2n) is 3.77. The van der Waals surface area contributed by atoms with E-state index in [1.807, 2.05) is 0 Å². The quantitative estimate of drug-likeness (QED) is 0.762. The predicted molar refractivity (Wildman–Crippen MR) is 70.9 cm³/mol. The van der Waals surface area contributed by atoms with Crippen molar-refractivity contribution < 1.29 is 21.9 Å². The van der Waals surface area contributed by atoms with Gasteiger partial charge in [-0.3, -0.25) is 0 Å². The highest BCUT2D eigenvalue weighted by atomic mass is 79.9. The number of hydrogen-bond donors (Lipinski definition) is 1. The van der Waals surface area contributed by atoms with Gasteiger partial charge in [0.15, 0.2) is 0 Å². The van der Waals surface area contributed by atoms with Gasteiger partial charge in [-0.15, -0.1) is 0 Å². The Bertz CT molecular complexity index is 523. The third-order valence-electron chi connectivity index (χ3n) is 2.22. The molecular formula is C11H14BrF2NO3S. The predicted octanol–water partition coefficient (Wildman–Crippen LogP) is 2.32. The van der Waals surface area contributed by atoms with Gasteiger partial charge in [0.1, 0.15) is 6.61 Å². The van der Waals surface area contributed by atoms with Crippen LogP contribution in [-0.4, -0.2) is 34.6 Å². The third-order valence-corrected chi connectivity index (χ3v) is 4.57. The van der Waals surface area contributed by atoms with Crippen molar-refractivity contribution >= 4 is 26.0 Å². The highest BCUT2D eigenvalue weighted by Gasteiger charge is 2.14. The first-order valence-electron chi connectivity index (χ1n) is 5.44. The maximum absolute atomic E-state index is 11.9. The molecule has 4 nitrogen and oxygen atoms in total. The Labute approximate surface area is 119 Å². The van der Waals surface area contributed by atoms with Crippen LogP contribution in [0.25, 0.3) is 0 Å². The number of alkyl halides is 2. The fourth-order valence-corrected chi connectivity index (χ4v) is 2.63. The number of rotatable bonds is 7. The molecular weight excluding hydrogens is 344 g/mol. The number of nitrogens with one attached hydrogen (secondary N) is 1. The zero-order valence-corrected chi connectivity index (χ0v) is 12.6. The van der Waals surface area contributed by atoms with Gasteiger partial charge in [0.25, 0.3) is 6.43 Å². The lowest BCUT2D eigenvalue weighted by Gasteiger charge is -2.08. The molecule has 8 heteroatoms. The van der Waals surface area contributed by atoms with Crippen LogP contribution in [0.3, 0.4) is 0 Å². The van der Waals surface area contributed by atoms with Gasteiger partial charge in [-0.2, -0.15) is 0 Å². The lowest BCUT2D eigenvalue weighted by molar-refractivity contribution is 0.0199. The van der Waals surface area contributed by atoms with Crippen molar-refractivity contribution in [3.63, 3.8) is 0 Å². The number of ether oxygens (including phenoxy) is 1. The second-order valence-corrected chi connectivity index (χ2v) is 6.40. The Kier molecular flexibility index (Phi) is 6.31. The number of hydrogen-bond acceptors (Lipinski definition) is 3. The SMILES string of the molecule is Cc1cc(S(=O)(=O)NCCOCC(F)F)ccc1Br. The zero-order chi connectivity index (χ0) is 14.5. The van der Waals surface area contributed by atoms with E-state index in [0.717, 1.165) is 10.0 Å². The molecule has 0 saturated heterocycles. The topological polar surface area (TPSA) is 55.4 Å². The van der Waals surface area contributed by atoms with Crippen LogP contribution in [0.15, 0.2) is 27.6 Å². The molecule has 0 amide bonds. The number of sulfonamides is 1. The fraction of sp³-hybridized carbons (Fsp3) is 0.455. The Morgan fingerprint density at radius 2 is 2.11 bits per heavy atom. The minimum Gasteiger partial charge on any atom is -0.374 e. The lowest BCUT2D eigenvalue weighted by Crippen LogP contribution is -2.28. The summed E-state index contributed by atoms with van der Waals surface area (Å²) in [6, 6.07) is 4.61. The summed E-state index contributed by atoms with van der Waals surface area (Å²) >= 11 is 3.28. The van der Waals surface area contributed by atoms with Crippen LogP contribution in [0.4, 0.5) is 8.78 Å². The van der Waals surface area contributed by atoms with Crippen LogP contribution in [0.2, 0.25) is 0 Å². The van der Waals surface area contributed by atoms with E-state index in [1.54, 1.807) is 13.0 Å².